The van der Waals surface area contributed by atoms with Gasteiger partial charge >= 0.3 is 6.36 Å². The Labute approximate surface area is 240 Å². The summed E-state index contributed by atoms with van der Waals surface area (Å²) >= 11 is 0. The highest BCUT2D eigenvalue weighted by Gasteiger charge is 2.31. The first kappa shape index (κ1) is 30.2. The third kappa shape index (κ3) is 9.14. The highest BCUT2D eigenvalue weighted by Crippen LogP contribution is 2.28. The topological polar surface area (TPSA) is 74.8 Å². The van der Waals surface area contributed by atoms with E-state index >= 15 is 0 Å². The molecule has 1 fully saturated rings. The van der Waals surface area contributed by atoms with Crippen LogP contribution in [-0.2, 0) is 13.0 Å². The van der Waals surface area contributed by atoms with Gasteiger partial charge in [-0.15, -0.1) is 13.2 Å². The molecule has 3 N–H and O–H groups in total. The molecule has 0 radical (unpaired) electrons. The molecule has 220 valence electrons. The third-order valence-electron chi connectivity index (χ3n) is 7.39. The molecule has 3 aromatic carbocycles. The van der Waals surface area contributed by atoms with Gasteiger partial charge in [0.1, 0.15) is 18.1 Å². The van der Waals surface area contributed by atoms with E-state index in [1.54, 1.807) is 0 Å². The van der Waals surface area contributed by atoms with Gasteiger partial charge < -0.3 is 25.0 Å². The average Bonchev–Trinajstić information content (AvgIpc) is 2.96. The number of rotatable bonds is 10. The Balaban J connectivity index is 1.37. The van der Waals surface area contributed by atoms with Gasteiger partial charge in [0, 0.05) is 25.3 Å². The van der Waals surface area contributed by atoms with Crippen LogP contribution in [0.3, 0.4) is 0 Å². The maximum atomic E-state index is 12.4. The molecule has 0 aromatic heterocycles. The average molecular weight is 569 g/mol. The molecule has 0 bridgehead atoms. The SMILES string of the molecule is CC(C)(CN)CN(C(=N)N1CCC(Cc2ccccc2)CC1)c1ccc(OCc2ccc(OC(F)(F)F)cc2)cc1. The van der Waals surface area contributed by atoms with Crippen molar-refractivity contribution in [2.75, 3.05) is 31.1 Å². The normalized spacial score (nSPS) is 14.5. The van der Waals surface area contributed by atoms with Crippen molar-refractivity contribution in [3.05, 3.63) is 90.0 Å². The van der Waals surface area contributed by atoms with E-state index < -0.39 is 6.36 Å². The molecule has 0 aliphatic carbocycles. The lowest BCUT2D eigenvalue weighted by molar-refractivity contribution is -0.274. The van der Waals surface area contributed by atoms with Crippen LogP contribution < -0.4 is 20.1 Å². The van der Waals surface area contributed by atoms with E-state index in [2.05, 4.69) is 47.7 Å². The molecule has 0 spiro atoms. The molecule has 1 heterocycles. The minimum absolute atomic E-state index is 0.198. The van der Waals surface area contributed by atoms with Crippen molar-refractivity contribution in [1.29, 1.82) is 5.41 Å². The molecule has 0 unspecified atom stereocenters. The second kappa shape index (κ2) is 13.3. The van der Waals surface area contributed by atoms with Crippen LogP contribution >= 0.6 is 0 Å². The number of benzene rings is 3. The van der Waals surface area contributed by atoms with Gasteiger partial charge in [0.2, 0.25) is 0 Å². The number of alkyl halides is 3. The molecular weight excluding hydrogens is 529 g/mol. The van der Waals surface area contributed by atoms with E-state index in [4.69, 9.17) is 15.9 Å². The van der Waals surface area contributed by atoms with Crippen molar-refractivity contribution in [3.8, 4) is 11.5 Å². The van der Waals surface area contributed by atoms with Crippen molar-refractivity contribution < 1.29 is 22.6 Å². The number of nitrogens with zero attached hydrogens (tertiary/aromatic N) is 2. The van der Waals surface area contributed by atoms with Crippen LogP contribution in [0.5, 0.6) is 11.5 Å². The third-order valence-corrected chi connectivity index (χ3v) is 7.39. The fraction of sp³-hybridized carbons (Fsp3) is 0.406. The number of halogens is 3. The zero-order chi connectivity index (χ0) is 29.5. The summed E-state index contributed by atoms with van der Waals surface area (Å²) in [7, 11) is 0. The number of hydrogen-bond acceptors (Lipinski definition) is 4. The summed E-state index contributed by atoms with van der Waals surface area (Å²) in [5.74, 6) is 1.43. The van der Waals surface area contributed by atoms with Crippen LogP contribution in [0.25, 0.3) is 0 Å². The van der Waals surface area contributed by atoms with Crippen LogP contribution in [0.4, 0.5) is 18.9 Å². The Morgan fingerprint density at radius 2 is 1.51 bits per heavy atom. The molecule has 0 atom stereocenters. The van der Waals surface area contributed by atoms with Gasteiger partial charge in [-0.05, 0) is 84.7 Å². The Kier molecular flexibility index (Phi) is 9.81. The van der Waals surface area contributed by atoms with Crippen LogP contribution in [0, 0.1) is 16.7 Å². The first-order valence-corrected chi connectivity index (χ1v) is 13.9. The van der Waals surface area contributed by atoms with Crippen molar-refractivity contribution in [2.24, 2.45) is 17.1 Å². The van der Waals surface area contributed by atoms with Crippen molar-refractivity contribution >= 4 is 11.6 Å². The van der Waals surface area contributed by atoms with Crippen LogP contribution in [0.15, 0.2) is 78.9 Å². The minimum atomic E-state index is -4.72. The number of likely N-dealkylation sites (tertiary alicyclic amines) is 1. The van der Waals surface area contributed by atoms with Gasteiger partial charge in [0.05, 0.1) is 0 Å². The standard InChI is InChI=1S/C32H39F3N4O2/c1-31(2,22-36)23-39(30(37)38-18-16-25(17-19-38)20-24-6-4-3-5-7-24)27-10-14-28(15-11-27)40-21-26-8-12-29(13-9-26)41-32(33,34)35/h3-15,25,37H,16-23,36H2,1-2H3. The van der Waals surface area contributed by atoms with Crippen LogP contribution in [-0.4, -0.2) is 43.4 Å². The van der Waals surface area contributed by atoms with Crippen LogP contribution in [0.1, 0.15) is 37.8 Å². The maximum Gasteiger partial charge on any atom is 0.573 e. The Bertz CT molecular complexity index is 1240. The molecule has 9 heteroatoms. The number of ether oxygens (including phenoxy) is 2. The summed E-state index contributed by atoms with van der Waals surface area (Å²) in [6.45, 7) is 7.16. The molecule has 41 heavy (non-hydrogen) atoms. The van der Waals surface area contributed by atoms with E-state index in [1.165, 1.54) is 29.8 Å². The van der Waals surface area contributed by atoms with Gasteiger partial charge in [-0.1, -0.05) is 56.3 Å². The lowest BCUT2D eigenvalue weighted by Gasteiger charge is -2.40. The second-order valence-corrected chi connectivity index (χ2v) is 11.4. The van der Waals surface area contributed by atoms with E-state index in [0.717, 1.165) is 38.0 Å². The molecule has 6 nitrogen and oxygen atoms in total. The van der Waals surface area contributed by atoms with Gasteiger partial charge in [0.25, 0.3) is 0 Å². The Hall–Kier alpha value is -3.72. The summed E-state index contributed by atoms with van der Waals surface area (Å²) < 4.78 is 46.9. The Morgan fingerprint density at radius 1 is 0.902 bits per heavy atom. The first-order chi connectivity index (χ1) is 19.5. The quantitative estimate of drug-likeness (QED) is 0.207. The molecule has 0 amide bonds. The molecule has 3 aromatic rings. The number of hydrogen-bond donors (Lipinski definition) is 2. The zero-order valence-corrected chi connectivity index (χ0v) is 23.7. The van der Waals surface area contributed by atoms with Crippen LogP contribution in [0.2, 0.25) is 0 Å². The van der Waals surface area contributed by atoms with Gasteiger partial charge in [-0.2, -0.15) is 0 Å². The highest BCUT2D eigenvalue weighted by atomic mass is 19.4. The smallest absolute Gasteiger partial charge is 0.489 e. The predicted molar refractivity (Wildman–Crippen MR) is 156 cm³/mol. The first-order valence-electron chi connectivity index (χ1n) is 13.9. The summed E-state index contributed by atoms with van der Waals surface area (Å²) in [5, 5.41) is 9.14. The summed E-state index contributed by atoms with van der Waals surface area (Å²) in [6.07, 6.45) is -1.57. The molecule has 1 aliphatic heterocycles. The zero-order valence-electron chi connectivity index (χ0n) is 23.7. The monoisotopic (exact) mass is 568 g/mol. The minimum Gasteiger partial charge on any atom is -0.489 e. The fourth-order valence-electron chi connectivity index (χ4n) is 4.92. The molecule has 1 saturated heterocycles. The van der Waals surface area contributed by atoms with E-state index in [0.29, 0.717) is 36.3 Å². The number of nitrogens with one attached hydrogen (secondary N) is 1. The molecule has 0 saturated carbocycles. The van der Waals surface area contributed by atoms with E-state index in [9.17, 15) is 13.2 Å². The molecule has 1 aliphatic rings. The predicted octanol–water partition coefficient (Wildman–Crippen LogP) is 6.84. The number of piperidine rings is 1. The largest absolute Gasteiger partial charge is 0.573 e. The van der Waals surface area contributed by atoms with E-state index in [1.807, 2.05) is 35.2 Å². The van der Waals surface area contributed by atoms with Gasteiger partial charge in [-0.25, -0.2) is 0 Å². The summed E-state index contributed by atoms with van der Waals surface area (Å²) in [5.41, 5.74) is 8.82. The lowest BCUT2D eigenvalue weighted by Crippen LogP contribution is -2.51. The highest BCUT2D eigenvalue weighted by molar-refractivity contribution is 5.94. The number of guanidine groups is 1. The van der Waals surface area contributed by atoms with Gasteiger partial charge in [-0.3, -0.25) is 5.41 Å². The molecular formula is C32H39F3N4O2. The van der Waals surface area contributed by atoms with E-state index in [-0.39, 0.29) is 17.8 Å². The Morgan fingerprint density at radius 3 is 2.10 bits per heavy atom. The number of anilines is 1. The van der Waals surface area contributed by atoms with Crippen molar-refractivity contribution in [2.45, 2.75) is 46.1 Å². The second-order valence-electron chi connectivity index (χ2n) is 11.4. The molecule has 4 rings (SSSR count). The summed E-state index contributed by atoms with van der Waals surface area (Å²) in [6, 6.07) is 23.7. The number of nitrogens with two attached hydrogens (primary N) is 1. The fourth-order valence-corrected chi connectivity index (χ4v) is 4.92. The van der Waals surface area contributed by atoms with Crippen molar-refractivity contribution in [3.63, 3.8) is 0 Å². The summed E-state index contributed by atoms with van der Waals surface area (Å²) in [4.78, 5) is 4.18. The van der Waals surface area contributed by atoms with Crippen molar-refractivity contribution in [1.82, 2.24) is 4.90 Å². The van der Waals surface area contributed by atoms with Gasteiger partial charge in [0.15, 0.2) is 5.96 Å². The maximum absolute atomic E-state index is 12.4. The lowest BCUT2D eigenvalue weighted by atomic mass is 9.90.